The van der Waals surface area contributed by atoms with Crippen LogP contribution in [-0.4, -0.2) is 28.4 Å². The number of nitrogens with one attached hydrogen (secondary N) is 2. The first kappa shape index (κ1) is 17.4. The highest BCUT2D eigenvalue weighted by atomic mass is 79.9. The van der Waals surface area contributed by atoms with Gasteiger partial charge in [-0.1, -0.05) is 27.7 Å². The monoisotopic (exact) mass is 420 g/mol. The van der Waals surface area contributed by atoms with Crippen LogP contribution in [-0.2, 0) is 9.59 Å². The van der Waals surface area contributed by atoms with Gasteiger partial charge in [0.25, 0.3) is 0 Å². The van der Waals surface area contributed by atoms with Crippen molar-refractivity contribution < 1.29 is 14.0 Å². The third-order valence-electron chi connectivity index (χ3n) is 3.15. The number of anilines is 1. The van der Waals surface area contributed by atoms with Gasteiger partial charge >= 0.3 is 0 Å². The number of nitrogens with zero attached hydrogens (tertiary/aromatic N) is 2. The van der Waals surface area contributed by atoms with E-state index in [2.05, 4.69) is 36.8 Å². The second kappa shape index (κ2) is 8.13. The zero-order chi connectivity index (χ0) is 17.6. The Morgan fingerprint density at radius 1 is 1.36 bits per heavy atom. The summed E-state index contributed by atoms with van der Waals surface area (Å²) < 4.78 is 6.02. The smallest absolute Gasteiger partial charge is 0.238 e. The largest absolute Gasteiger partial charge is 0.463 e. The van der Waals surface area contributed by atoms with Gasteiger partial charge in [-0.2, -0.15) is 5.10 Å². The van der Waals surface area contributed by atoms with E-state index < -0.39 is 5.25 Å². The molecule has 0 bridgehead atoms. The van der Waals surface area contributed by atoms with Gasteiger partial charge in [0.15, 0.2) is 5.17 Å². The Morgan fingerprint density at radius 2 is 2.16 bits per heavy atom. The molecule has 1 saturated heterocycles. The molecule has 0 spiro atoms. The number of amidine groups is 1. The van der Waals surface area contributed by atoms with Crippen molar-refractivity contribution >= 4 is 56.6 Å². The zero-order valence-electron chi connectivity index (χ0n) is 12.8. The summed E-state index contributed by atoms with van der Waals surface area (Å²) >= 11 is 4.49. The summed E-state index contributed by atoms with van der Waals surface area (Å²) in [7, 11) is 0. The number of rotatable bonds is 4. The highest BCUT2D eigenvalue weighted by Crippen LogP contribution is 2.23. The number of thioether (sulfide) groups is 1. The zero-order valence-corrected chi connectivity index (χ0v) is 15.2. The van der Waals surface area contributed by atoms with Crippen LogP contribution in [0.3, 0.4) is 0 Å². The van der Waals surface area contributed by atoms with Crippen LogP contribution >= 0.6 is 27.7 Å². The molecule has 0 unspecified atom stereocenters. The van der Waals surface area contributed by atoms with Gasteiger partial charge < -0.3 is 15.1 Å². The van der Waals surface area contributed by atoms with E-state index in [1.54, 1.807) is 24.3 Å². The minimum absolute atomic E-state index is 0.0773. The number of amides is 2. The average molecular weight is 421 g/mol. The predicted octanol–water partition coefficient (Wildman–Crippen LogP) is 2.99. The van der Waals surface area contributed by atoms with Gasteiger partial charge in [-0.25, -0.2) is 0 Å². The number of carbonyl (C=O) groups is 2. The van der Waals surface area contributed by atoms with Crippen LogP contribution < -0.4 is 10.6 Å². The van der Waals surface area contributed by atoms with Gasteiger partial charge in [0.2, 0.25) is 11.8 Å². The predicted molar refractivity (Wildman–Crippen MR) is 101 cm³/mol. The van der Waals surface area contributed by atoms with Gasteiger partial charge in [-0.05, 0) is 36.4 Å². The van der Waals surface area contributed by atoms with Crippen LogP contribution in [0, 0.1) is 0 Å². The molecule has 2 N–H and O–H groups in total. The van der Waals surface area contributed by atoms with Crippen molar-refractivity contribution in [2.45, 2.75) is 11.7 Å². The van der Waals surface area contributed by atoms with Gasteiger partial charge in [0.1, 0.15) is 11.0 Å². The molecule has 1 atom stereocenters. The summed E-state index contributed by atoms with van der Waals surface area (Å²) in [6, 6.07) is 10.7. The summed E-state index contributed by atoms with van der Waals surface area (Å²) in [5, 5.41) is 12.9. The summed E-state index contributed by atoms with van der Waals surface area (Å²) in [5.74, 6) is 0.00700. The Labute approximate surface area is 156 Å². The van der Waals surface area contributed by atoms with Crippen LogP contribution in [0.25, 0.3) is 0 Å². The topological polar surface area (TPSA) is 96.1 Å². The summed E-state index contributed by atoms with van der Waals surface area (Å²) in [6.07, 6.45) is 3.02. The molecule has 25 heavy (non-hydrogen) atoms. The second-order valence-corrected chi connectivity index (χ2v) is 7.13. The minimum Gasteiger partial charge on any atom is -0.463 e. The number of hydrogen-bond acceptors (Lipinski definition) is 6. The first-order valence-corrected chi connectivity index (χ1v) is 8.95. The molecule has 1 aliphatic heterocycles. The lowest BCUT2D eigenvalue weighted by Gasteiger charge is -2.21. The third kappa shape index (κ3) is 5.04. The maximum atomic E-state index is 12.4. The Bertz CT molecular complexity index is 818. The summed E-state index contributed by atoms with van der Waals surface area (Å²) in [5.41, 5.74) is 0.661. The van der Waals surface area contributed by atoms with E-state index in [0.29, 0.717) is 11.4 Å². The lowest BCUT2D eigenvalue weighted by Crippen LogP contribution is -2.41. The van der Waals surface area contributed by atoms with Crippen LogP contribution in [0.2, 0.25) is 0 Å². The van der Waals surface area contributed by atoms with Gasteiger partial charge in [0.05, 0.1) is 12.5 Å². The number of halogens is 1. The normalized spacial score (nSPS) is 19.2. The summed E-state index contributed by atoms with van der Waals surface area (Å²) in [4.78, 5) is 24.2. The molecule has 2 aromatic rings. The molecule has 1 fully saturated rings. The fourth-order valence-corrected chi connectivity index (χ4v) is 3.20. The molecule has 1 aliphatic rings. The number of carbonyl (C=O) groups excluding carboxylic acids is 2. The van der Waals surface area contributed by atoms with Crippen LogP contribution in [0.5, 0.6) is 0 Å². The standard InChI is InChI=1S/C16H13BrN4O3S/c17-10-3-5-11(6-4-10)19-15(23)13-8-14(22)20-16(25-13)21-18-9-12-2-1-7-24-12/h1-7,9,13H,8H2,(H,19,23)(H,20,21,22)/t13-/m1/s1. The minimum atomic E-state index is -0.574. The quantitative estimate of drug-likeness (QED) is 0.586. The van der Waals surface area contributed by atoms with Gasteiger partial charge in [-0.15, -0.1) is 5.10 Å². The van der Waals surface area contributed by atoms with E-state index >= 15 is 0 Å². The van der Waals surface area contributed by atoms with Crippen LogP contribution in [0.1, 0.15) is 12.2 Å². The molecule has 2 heterocycles. The average Bonchev–Trinajstić information content (AvgIpc) is 3.10. The number of benzene rings is 1. The lowest BCUT2D eigenvalue weighted by atomic mass is 10.2. The van der Waals surface area contributed by atoms with E-state index in [1.165, 1.54) is 12.5 Å². The molecule has 7 nitrogen and oxygen atoms in total. The molecule has 1 aromatic heterocycles. The molecule has 1 aromatic carbocycles. The first-order chi connectivity index (χ1) is 12.1. The molecule has 9 heteroatoms. The highest BCUT2D eigenvalue weighted by molar-refractivity contribution is 9.10. The van der Waals surface area contributed by atoms with E-state index in [1.807, 2.05) is 12.1 Å². The lowest BCUT2D eigenvalue weighted by molar-refractivity contribution is -0.123. The van der Waals surface area contributed by atoms with E-state index in [-0.39, 0.29) is 23.4 Å². The van der Waals surface area contributed by atoms with E-state index in [9.17, 15) is 9.59 Å². The van der Waals surface area contributed by atoms with Crippen LogP contribution in [0.15, 0.2) is 61.8 Å². The Balaban J connectivity index is 1.64. The van der Waals surface area contributed by atoms with Crippen molar-refractivity contribution in [3.05, 3.63) is 52.9 Å². The maximum Gasteiger partial charge on any atom is 0.238 e. The van der Waals surface area contributed by atoms with Crippen molar-refractivity contribution in [1.82, 2.24) is 5.32 Å². The molecule has 0 saturated carbocycles. The SMILES string of the molecule is O=C1C[C@H](C(=O)Nc2ccc(Br)cc2)SC(=NN=Cc2ccco2)N1. The van der Waals surface area contributed by atoms with Crippen molar-refractivity contribution in [2.75, 3.05) is 5.32 Å². The molecule has 0 radical (unpaired) electrons. The highest BCUT2D eigenvalue weighted by Gasteiger charge is 2.30. The second-order valence-electron chi connectivity index (χ2n) is 5.02. The van der Waals surface area contributed by atoms with Crippen molar-refractivity contribution in [3.63, 3.8) is 0 Å². The van der Waals surface area contributed by atoms with Gasteiger partial charge in [0, 0.05) is 16.6 Å². The Morgan fingerprint density at radius 3 is 2.88 bits per heavy atom. The molecule has 128 valence electrons. The first-order valence-electron chi connectivity index (χ1n) is 7.27. The third-order valence-corrected chi connectivity index (χ3v) is 4.75. The molecule has 0 aliphatic carbocycles. The molecular weight excluding hydrogens is 408 g/mol. The van der Waals surface area contributed by atoms with Crippen molar-refractivity contribution in [3.8, 4) is 0 Å². The number of furan rings is 1. The fraction of sp³-hybridized carbons (Fsp3) is 0.125. The van der Waals surface area contributed by atoms with E-state index in [0.717, 1.165) is 16.2 Å². The van der Waals surface area contributed by atoms with Crippen molar-refractivity contribution in [1.29, 1.82) is 0 Å². The van der Waals surface area contributed by atoms with E-state index in [4.69, 9.17) is 4.42 Å². The molecular formula is C16H13BrN4O3S. The Hall–Kier alpha value is -2.39. The van der Waals surface area contributed by atoms with Crippen molar-refractivity contribution in [2.24, 2.45) is 10.2 Å². The summed E-state index contributed by atoms with van der Waals surface area (Å²) in [6.45, 7) is 0. The fourth-order valence-electron chi connectivity index (χ4n) is 2.00. The van der Waals surface area contributed by atoms with Crippen LogP contribution in [0.4, 0.5) is 5.69 Å². The molecule has 2 amide bonds. The maximum absolute atomic E-state index is 12.4. The molecule has 3 rings (SSSR count). The Kier molecular flexibility index (Phi) is 5.67. The number of hydrogen-bond donors (Lipinski definition) is 2. The van der Waals surface area contributed by atoms with Gasteiger partial charge in [-0.3, -0.25) is 9.59 Å².